The van der Waals surface area contributed by atoms with Gasteiger partial charge in [0.25, 0.3) is 0 Å². The molecule has 1 aromatic carbocycles. The Kier molecular flexibility index (Phi) is 3.62. The summed E-state index contributed by atoms with van der Waals surface area (Å²) in [5.74, 6) is 0.159. The van der Waals surface area contributed by atoms with Gasteiger partial charge in [0, 0.05) is 19.0 Å². The van der Waals surface area contributed by atoms with Crippen LogP contribution < -0.4 is 0 Å². The molecule has 1 aliphatic heterocycles. The number of hydrogen-bond acceptors (Lipinski definition) is 2. The molecule has 0 amide bonds. The maximum atomic E-state index is 12.8. The molecule has 4 heteroatoms. The summed E-state index contributed by atoms with van der Waals surface area (Å²) >= 11 is 0. The van der Waals surface area contributed by atoms with E-state index >= 15 is 0 Å². The van der Waals surface area contributed by atoms with Gasteiger partial charge in [0.15, 0.2) is 0 Å². The van der Waals surface area contributed by atoms with E-state index in [1.165, 1.54) is 11.1 Å². The van der Waals surface area contributed by atoms with Crippen LogP contribution in [-0.2, 0) is 10.0 Å². The number of benzene rings is 1. The molecular formula is C18H21NO2S. The van der Waals surface area contributed by atoms with E-state index in [0.717, 1.165) is 23.1 Å². The summed E-state index contributed by atoms with van der Waals surface area (Å²) in [5, 5.41) is 0. The highest BCUT2D eigenvalue weighted by molar-refractivity contribution is 7.89. The number of aryl methyl sites for hydroxylation is 1. The van der Waals surface area contributed by atoms with E-state index < -0.39 is 10.0 Å². The minimum atomic E-state index is -3.44. The lowest BCUT2D eigenvalue weighted by atomic mass is 10.0. The molecule has 1 unspecified atom stereocenters. The monoisotopic (exact) mass is 315 g/mol. The maximum absolute atomic E-state index is 12.8. The van der Waals surface area contributed by atoms with Gasteiger partial charge in [-0.15, -0.1) is 0 Å². The second kappa shape index (κ2) is 5.21. The van der Waals surface area contributed by atoms with E-state index in [1.54, 1.807) is 16.4 Å². The van der Waals surface area contributed by atoms with Crippen molar-refractivity contribution in [2.75, 3.05) is 13.1 Å². The van der Waals surface area contributed by atoms with Crippen LogP contribution in [0.25, 0.3) is 0 Å². The zero-order chi connectivity index (χ0) is 16.1. The predicted molar refractivity (Wildman–Crippen MR) is 89.0 cm³/mol. The first-order valence-corrected chi connectivity index (χ1v) is 8.87. The van der Waals surface area contributed by atoms with Gasteiger partial charge in [-0.05, 0) is 43.5 Å². The lowest BCUT2D eigenvalue weighted by Crippen LogP contribution is -2.29. The van der Waals surface area contributed by atoms with E-state index in [4.69, 9.17) is 0 Å². The Morgan fingerprint density at radius 2 is 1.91 bits per heavy atom. The molecule has 0 aromatic heterocycles. The van der Waals surface area contributed by atoms with E-state index in [1.807, 2.05) is 26.0 Å². The highest BCUT2D eigenvalue weighted by atomic mass is 32.2. The fourth-order valence-corrected chi connectivity index (χ4v) is 4.72. The molecule has 2 aliphatic rings. The van der Waals surface area contributed by atoms with Crippen molar-refractivity contribution in [3.05, 3.63) is 65.3 Å². The minimum Gasteiger partial charge on any atom is -0.207 e. The van der Waals surface area contributed by atoms with Crippen LogP contribution in [0.1, 0.15) is 18.9 Å². The van der Waals surface area contributed by atoms with Crippen molar-refractivity contribution in [1.82, 2.24) is 4.31 Å². The topological polar surface area (TPSA) is 37.4 Å². The lowest BCUT2D eigenvalue weighted by molar-refractivity contribution is 0.467. The lowest BCUT2D eigenvalue weighted by Gasteiger charge is -2.17. The van der Waals surface area contributed by atoms with Crippen LogP contribution in [0.3, 0.4) is 0 Å². The van der Waals surface area contributed by atoms with Crippen LogP contribution in [-0.4, -0.2) is 25.8 Å². The largest absolute Gasteiger partial charge is 0.243 e. The third-order valence-electron chi connectivity index (χ3n) is 4.61. The Balaban J connectivity index is 1.95. The summed E-state index contributed by atoms with van der Waals surface area (Å²) < 4.78 is 27.2. The van der Waals surface area contributed by atoms with Gasteiger partial charge >= 0.3 is 0 Å². The van der Waals surface area contributed by atoms with Crippen molar-refractivity contribution >= 4 is 10.0 Å². The normalized spacial score (nSPS) is 22.3. The maximum Gasteiger partial charge on any atom is 0.243 e. The van der Waals surface area contributed by atoms with Gasteiger partial charge in [-0.1, -0.05) is 42.0 Å². The highest BCUT2D eigenvalue weighted by Gasteiger charge is 2.41. The first kappa shape index (κ1) is 15.3. The fraction of sp³-hybridized carbons (Fsp3) is 0.333. The van der Waals surface area contributed by atoms with E-state index in [-0.39, 0.29) is 5.92 Å². The van der Waals surface area contributed by atoms with Gasteiger partial charge in [0.2, 0.25) is 10.0 Å². The summed E-state index contributed by atoms with van der Waals surface area (Å²) in [7, 11) is -3.44. The average molecular weight is 315 g/mol. The zero-order valence-electron chi connectivity index (χ0n) is 13.1. The Morgan fingerprint density at radius 1 is 1.27 bits per heavy atom. The molecule has 1 aliphatic carbocycles. The summed E-state index contributed by atoms with van der Waals surface area (Å²) in [4.78, 5) is 0.362. The molecule has 1 heterocycles. The number of hydrogen-bond donors (Lipinski definition) is 0. The van der Waals surface area contributed by atoms with Crippen molar-refractivity contribution in [2.45, 2.75) is 25.2 Å². The van der Waals surface area contributed by atoms with E-state index in [0.29, 0.717) is 18.0 Å². The molecule has 0 N–H and O–H groups in total. The second-order valence-corrected chi connectivity index (χ2v) is 8.22. The van der Waals surface area contributed by atoms with Crippen LogP contribution in [0.4, 0.5) is 0 Å². The molecule has 3 nitrogen and oxygen atoms in total. The van der Waals surface area contributed by atoms with Crippen LogP contribution in [0, 0.1) is 12.8 Å². The predicted octanol–water partition coefficient (Wildman–Crippen LogP) is 3.45. The molecule has 22 heavy (non-hydrogen) atoms. The Bertz CT molecular complexity index is 785. The van der Waals surface area contributed by atoms with Crippen LogP contribution in [0.5, 0.6) is 0 Å². The standard InChI is InChI=1S/C18H21NO2S/c1-12(2)16-9-14(4)17-10-19(11-18(16)17)22(20,21)15-7-5-13(3)6-8-15/h5-8,17H,1,4,9-11H2,2-3H3. The number of allylic oxidation sites excluding steroid dienone is 2. The highest BCUT2D eigenvalue weighted by Crippen LogP contribution is 2.44. The third-order valence-corrected chi connectivity index (χ3v) is 6.44. The molecule has 1 saturated heterocycles. The zero-order valence-corrected chi connectivity index (χ0v) is 13.9. The minimum absolute atomic E-state index is 0.159. The molecule has 0 bridgehead atoms. The second-order valence-electron chi connectivity index (χ2n) is 6.28. The smallest absolute Gasteiger partial charge is 0.207 e. The van der Waals surface area contributed by atoms with Gasteiger partial charge < -0.3 is 0 Å². The van der Waals surface area contributed by atoms with Gasteiger partial charge in [0.05, 0.1) is 4.90 Å². The van der Waals surface area contributed by atoms with E-state index in [2.05, 4.69) is 13.2 Å². The molecule has 1 fully saturated rings. The molecule has 0 spiro atoms. The van der Waals surface area contributed by atoms with Crippen LogP contribution >= 0.6 is 0 Å². The Labute approximate surface area is 132 Å². The molecule has 0 saturated carbocycles. The van der Waals surface area contributed by atoms with Crippen LogP contribution in [0.15, 0.2) is 64.6 Å². The summed E-state index contributed by atoms with van der Waals surface area (Å²) in [6.45, 7) is 13.0. The molecular weight excluding hydrogens is 294 g/mol. The molecule has 1 aromatic rings. The van der Waals surface area contributed by atoms with E-state index in [9.17, 15) is 8.42 Å². The fourth-order valence-electron chi connectivity index (χ4n) is 3.29. The molecule has 1 atom stereocenters. The average Bonchev–Trinajstić information content (AvgIpc) is 3.01. The van der Waals surface area contributed by atoms with Gasteiger partial charge in [0.1, 0.15) is 0 Å². The molecule has 3 rings (SSSR count). The summed E-state index contributed by atoms with van der Waals surface area (Å²) in [5.41, 5.74) is 5.56. The Morgan fingerprint density at radius 3 is 2.50 bits per heavy atom. The van der Waals surface area contributed by atoms with Crippen molar-refractivity contribution in [3.63, 3.8) is 0 Å². The van der Waals surface area contributed by atoms with Gasteiger partial charge in [-0.3, -0.25) is 0 Å². The third kappa shape index (κ3) is 2.36. The Hall–Kier alpha value is -1.65. The number of rotatable bonds is 3. The van der Waals surface area contributed by atoms with Gasteiger partial charge in [-0.25, -0.2) is 8.42 Å². The first-order valence-electron chi connectivity index (χ1n) is 7.43. The van der Waals surface area contributed by atoms with Gasteiger partial charge in [-0.2, -0.15) is 4.31 Å². The van der Waals surface area contributed by atoms with Crippen molar-refractivity contribution in [2.24, 2.45) is 5.92 Å². The van der Waals surface area contributed by atoms with Crippen molar-refractivity contribution in [1.29, 1.82) is 0 Å². The van der Waals surface area contributed by atoms with Crippen molar-refractivity contribution < 1.29 is 8.42 Å². The first-order chi connectivity index (χ1) is 10.3. The van der Waals surface area contributed by atoms with Crippen molar-refractivity contribution in [3.8, 4) is 0 Å². The molecule has 116 valence electrons. The number of fused-ring (bicyclic) bond motifs is 1. The molecule has 0 radical (unpaired) electrons. The quantitative estimate of drug-likeness (QED) is 0.801. The number of nitrogens with zero attached hydrogens (tertiary/aromatic N) is 1. The SMILES string of the molecule is C=C(C)C1=C2CN(S(=O)(=O)c3ccc(C)cc3)CC2C(=C)C1. The summed E-state index contributed by atoms with van der Waals surface area (Å²) in [6, 6.07) is 7.03. The summed E-state index contributed by atoms with van der Waals surface area (Å²) in [6.07, 6.45) is 0.841. The number of sulfonamides is 1. The van der Waals surface area contributed by atoms with Crippen LogP contribution in [0.2, 0.25) is 0 Å².